The Kier molecular flexibility index (Phi) is 5.19. The summed E-state index contributed by atoms with van der Waals surface area (Å²) in [7, 11) is -3.84. The van der Waals surface area contributed by atoms with E-state index in [9.17, 15) is 13.2 Å². The van der Waals surface area contributed by atoms with Gasteiger partial charge in [0.25, 0.3) is 15.9 Å². The quantitative estimate of drug-likeness (QED) is 0.636. The van der Waals surface area contributed by atoms with Gasteiger partial charge >= 0.3 is 6.01 Å². The number of aromatic nitrogens is 3. The molecule has 10 nitrogen and oxygen atoms in total. The number of anilines is 1. The minimum absolute atomic E-state index is 0.0501. The third-order valence-electron chi connectivity index (χ3n) is 4.17. The van der Waals surface area contributed by atoms with Crippen LogP contribution in [0.3, 0.4) is 0 Å². The summed E-state index contributed by atoms with van der Waals surface area (Å²) < 4.78 is 37.8. The topological polar surface area (TPSA) is 131 Å². The molecule has 0 aliphatic carbocycles. The summed E-state index contributed by atoms with van der Waals surface area (Å²) >= 11 is 6.83. The summed E-state index contributed by atoms with van der Waals surface area (Å²) in [5, 5.41) is 13.5. The first-order valence-electron chi connectivity index (χ1n) is 8.28. The Hall–Kier alpha value is -2.28. The molecule has 1 aliphatic rings. The molecule has 28 heavy (non-hydrogen) atoms. The molecule has 1 atom stereocenters. The van der Waals surface area contributed by atoms with Gasteiger partial charge in [-0.05, 0) is 25.0 Å². The average Bonchev–Trinajstić information content (AvgIpc) is 3.43. The summed E-state index contributed by atoms with van der Waals surface area (Å²) in [6, 6.07) is 3.44. The summed E-state index contributed by atoms with van der Waals surface area (Å²) in [5.74, 6) is -0.239. The van der Waals surface area contributed by atoms with Crippen LogP contribution >= 0.6 is 22.9 Å². The molecule has 4 heterocycles. The number of piperidine rings is 1. The van der Waals surface area contributed by atoms with Gasteiger partial charge in [-0.15, -0.1) is 16.4 Å². The molecule has 0 aromatic carbocycles. The third kappa shape index (κ3) is 3.68. The molecule has 1 fully saturated rings. The number of carbonyl (C=O) groups excluding carboxylic acids is 1. The number of nitrogens with zero attached hydrogens (tertiary/aromatic N) is 4. The fourth-order valence-electron chi connectivity index (χ4n) is 2.89. The summed E-state index contributed by atoms with van der Waals surface area (Å²) in [6.45, 7) is 0.239. The lowest BCUT2D eigenvalue weighted by Crippen LogP contribution is -2.49. The zero-order valence-corrected chi connectivity index (χ0v) is 16.6. The van der Waals surface area contributed by atoms with Crippen LogP contribution in [0, 0.1) is 0 Å². The van der Waals surface area contributed by atoms with Crippen molar-refractivity contribution in [3.63, 3.8) is 0 Å². The van der Waals surface area contributed by atoms with Crippen LogP contribution in [0.15, 0.2) is 37.5 Å². The molecule has 13 heteroatoms. The molecule has 1 amide bonds. The van der Waals surface area contributed by atoms with Crippen LogP contribution in [0.2, 0.25) is 4.34 Å². The summed E-state index contributed by atoms with van der Waals surface area (Å²) in [4.78, 5) is 12.8. The van der Waals surface area contributed by atoms with Gasteiger partial charge in [-0.25, -0.2) is 8.42 Å². The Morgan fingerprint density at radius 1 is 1.29 bits per heavy atom. The van der Waals surface area contributed by atoms with Crippen molar-refractivity contribution in [2.24, 2.45) is 0 Å². The summed E-state index contributed by atoms with van der Waals surface area (Å²) in [5.41, 5.74) is 0. The Morgan fingerprint density at radius 3 is 2.86 bits per heavy atom. The number of hydrogen-bond donors (Lipinski definition) is 1. The highest BCUT2D eigenvalue weighted by molar-refractivity contribution is 7.91. The van der Waals surface area contributed by atoms with E-state index in [-0.39, 0.29) is 28.4 Å². The Labute approximate surface area is 168 Å². The van der Waals surface area contributed by atoms with Gasteiger partial charge in [0.2, 0.25) is 11.7 Å². The van der Waals surface area contributed by atoms with Crippen LogP contribution in [0.4, 0.5) is 6.01 Å². The Morgan fingerprint density at radius 2 is 2.14 bits per heavy atom. The maximum absolute atomic E-state index is 13.0. The molecule has 3 aromatic rings. The SMILES string of the molecule is O=C(Nc1nnc(-c2ccno2)o1)C1CCCCN1S(=O)(=O)c1ccc(Cl)s1. The van der Waals surface area contributed by atoms with E-state index in [1.165, 1.54) is 28.7 Å². The molecule has 1 unspecified atom stereocenters. The lowest BCUT2D eigenvalue weighted by atomic mass is 10.0. The molecule has 1 aliphatic heterocycles. The lowest BCUT2D eigenvalue weighted by molar-refractivity contribution is -0.120. The van der Waals surface area contributed by atoms with Crippen molar-refractivity contribution in [3.8, 4) is 11.7 Å². The Bertz CT molecular complexity index is 1080. The highest BCUT2D eigenvalue weighted by atomic mass is 35.5. The Balaban J connectivity index is 1.53. The molecule has 0 bridgehead atoms. The van der Waals surface area contributed by atoms with Crippen LogP contribution in [-0.4, -0.2) is 46.6 Å². The van der Waals surface area contributed by atoms with Crippen molar-refractivity contribution in [1.29, 1.82) is 0 Å². The zero-order chi connectivity index (χ0) is 19.7. The highest BCUT2D eigenvalue weighted by Crippen LogP contribution is 2.32. The van der Waals surface area contributed by atoms with Crippen molar-refractivity contribution < 1.29 is 22.2 Å². The van der Waals surface area contributed by atoms with Crippen molar-refractivity contribution >= 4 is 44.9 Å². The number of hydrogen-bond acceptors (Lipinski definition) is 9. The van der Waals surface area contributed by atoms with Crippen molar-refractivity contribution in [2.75, 3.05) is 11.9 Å². The van der Waals surface area contributed by atoms with E-state index in [2.05, 4.69) is 20.7 Å². The van der Waals surface area contributed by atoms with Crippen molar-refractivity contribution in [3.05, 3.63) is 28.7 Å². The molecule has 1 N–H and O–H groups in total. The molecule has 3 aromatic heterocycles. The monoisotopic (exact) mass is 443 g/mol. The average molecular weight is 444 g/mol. The van der Waals surface area contributed by atoms with E-state index in [0.29, 0.717) is 17.2 Å². The smallest absolute Gasteiger partial charge is 0.322 e. The number of thiophene rings is 1. The fraction of sp³-hybridized carbons (Fsp3) is 0.333. The number of sulfonamides is 1. The standard InChI is InChI=1S/C15H14ClN5O5S2/c16-11-4-5-12(27-11)28(23,24)21-8-2-1-3-9(21)13(22)18-15-20-19-14(25-15)10-6-7-17-26-10/h4-7,9H,1-3,8H2,(H,18,20,22). The van der Waals surface area contributed by atoms with E-state index in [1.54, 1.807) is 0 Å². The lowest BCUT2D eigenvalue weighted by Gasteiger charge is -2.32. The molecular weight excluding hydrogens is 430 g/mol. The number of rotatable bonds is 5. The first kappa shape index (κ1) is 19.1. The molecule has 1 saturated heterocycles. The largest absolute Gasteiger partial charge is 0.400 e. The van der Waals surface area contributed by atoms with Gasteiger partial charge in [0.05, 0.1) is 10.5 Å². The zero-order valence-electron chi connectivity index (χ0n) is 14.2. The first-order valence-corrected chi connectivity index (χ1v) is 10.9. The maximum Gasteiger partial charge on any atom is 0.322 e. The van der Waals surface area contributed by atoms with Crippen LogP contribution in [0.5, 0.6) is 0 Å². The van der Waals surface area contributed by atoms with Gasteiger partial charge in [-0.2, -0.15) is 4.31 Å². The van der Waals surface area contributed by atoms with Crippen LogP contribution in [-0.2, 0) is 14.8 Å². The van der Waals surface area contributed by atoms with Crippen LogP contribution in [0.25, 0.3) is 11.7 Å². The number of nitrogens with one attached hydrogen (secondary N) is 1. The van der Waals surface area contributed by atoms with E-state index < -0.39 is 22.0 Å². The molecular formula is C15H14ClN5O5S2. The van der Waals surface area contributed by atoms with Crippen LogP contribution in [0.1, 0.15) is 19.3 Å². The second kappa shape index (κ2) is 7.62. The predicted molar refractivity (Wildman–Crippen MR) is 99.3 cm³/mol. The highest BCUT2D eigenvalue weighted by Gasteiger charge is 2.38. The van der Waals surface area contributed by atoms with E-state index in [0.717, 1.165) is 17.8 Å². The van der Waals surface area contributed by atoms with Gasteiger partial charge in [0.15, 0.2) is 0 Å². The molecule has 0 spiro atoms. The fourth-order valence-corrected chi connectivity index (χ4v) is 6.16. The van der Waals surface area contributed by atoms with Crippen molar-refractivity contribution in [1.82, 2.24) is 19.7 Å². The minimum Gasteiger partial charge on any atom is -0.400 e. The van der Waals surface area contributed by atoms with E-state index in [4.69, 9.17) is 20.5 Å². The van der Waals surface area contributed by atoms with E-state index in [1.807, 2.05) is 0 Å². The summed E-state index contributed by atoms with van der Waals surface area (Å²) in [6.07, 6.45) is 3.19. The van der Waals surface area contributed by atoms with E-state index >= 15 is 0 Å². The number of carbonyl (C=O) groups is 1. The molecule has 0 radical (unpaired) electrons. The van der Waals surface area contributed by atoms with Crippen molar-refractivity contribution in [2.45, 2.75) is 29.5 Å². The molecule has 4 rings (SSSR count). The second-order valence-corrected chi connectivity index (χ2v) is 9.80. The predicted octanol–water partition coefficient (Wildman–Crippen LogP) is 2.62. The minimum atomic E-state index is -3.84. The third-order valence-corrected chi connectivity index (χ3v) is 7.78. The maximum atomic E-state index is 13.0. The molecule has 148 valence electrons. The van der Waals surface area contributed by atoms with Gasteiger partial charge < -0.3 is 8.94 Å². The number of amides is 1. The normalized spacial score (nSPS) is 18.2. The number of halogens is 1. The van der Waals surface area contributed by atoms with Gasteiger partial charge in [-0.1, -0.05) is 28.3 Å². The molecule has 0 saturated carbocycles. The van der Waals surface area contributed by atoms with Crippen LogP contribution < -0.4 is 5.32 Å². The second-order valence-electron chi connectivity index (χ2n) is 5.96. The van der Waals surface area contributed by atoms with Gasteiger partial charge in [0, 0.05) is 12.6 Å². The van der Waals surface area contributed by atoms with Gasteiger partial charge in [-0.3, -0.25) is 10.1 Å². The first-order chi connectivity index (χ1) is 13.4. The van der Waals surface area contributed by atoms with Gasteiger partial charge in [0.1, 0.15) is 10.3 Å².